The number of benzene rings is 2. The van der Waals surface area contributed by atoms with Gasteiger partial charge in [0.15, 0.2) is 0 Å². The molecule has 0 radical (unpaired) electrons. The summed E-state index contributed by atoms with van der Waals surface area (Å²) < 4.78 is 38.0. The predicted molar refractivity (Wildman–Crippen MR) is 125 cm³/mol. The first-order chi connectivity index (χ1) is 15.5. The maximum Gasteiger partial charge on any atom is 0.251 e. The fraction of sp³-hybridized carbons (Fsp3) is 0.261. The highest BCUT2D eigenvalue weighted by Crippen LogP contribution is 2.15. The highest BCUT2D eigenvalue weighted by Gasteiger charge is 2.15. The van der Waals surface area contributed by atoms with Crippen molar-refractivity contribution in [2.24, 2.45) is 0 Å². The number of methoxy groups -OCH3 is 1. The Bertz CT molecular complexity index is 1100. The Hall–Kier alpha value is -2.72. The van der Waals surface area contributed by atoms with Crippen molar-refractivity contribution in [3.05, 3.63) is 82.0 Å². The molecule has 0 bridgehead atoms. The minimum Gasteiger partial charge on any atom is -0.491 e. The second kappa shape index (κ2) is 11.8. The summed E-state index contributed by atoms with van der Waals surface area (Å²) in [6, 6.07) is 17.2. The zero-order valence-corrected chi connectivity index (χ0v) is 19.4. The van der Waals surface area contributed by atoms with Gasteiger partial charge in [-0.15, -0.1) is 11.3 Å². The third-order valence-corrected chi connectivity index (χ3v) is 6.99. The summed E-state index contributed by atoms with van der Waals surface area (Å²) in [5.41, 5.74) is 1.28. The van der Waals surface area contributed by atoms with Crippen molar-refractivity contribution in [3.8, 4) is 5.75 Å². The molecule has 1 aromatic heterocycles. The Morgan fingerprint density at radius 3 is 2.56 bits per heavy atom. The highest BCUT2D eigenvalue weighted by atomic mass is 32.2. The van der Waals surface area contributed by atoms with Crippen LogP contribution in [0.2, 0.25) is 0 Å². The lowest BCUT2D eigenvalue weighted by Gasteiger charge is -2.10. The molecular formula is C23H26N2O5S2. The van der Waals surface area contributed by atoms with Crippen LogP contribution in [-0.2, 0) is 27.7 Å². The highest BCUT2D eigenvalue weighted by molar-refractivity contribution is 7.89. The molecule has 9 heteroatoms. The predicted octanol–water partition coefficient (Wildman–Crippen LogP) is 3.22. The SMILES string of the molecule is COCCOc1cccc(CNC(=O)c2ccc(S(=O)(=O)NCCc3cccs3)cc2)c1. The van der Waals surface area contributed by atoms with Gasteiger partial charge in [0.1, 0.15) is 12.4 Å². The Balaban J connectivity index is 1.51. The van der Waals surface area contributed by atoms with Gasteiger partial charge in [0.25, 0.3) is 5.91 Å². The van der Waals surface area contributed by atoms with Crippen LogP contribution in [0.15, 0.2) is 70.9 Å². The lowest BCUT2D eigenvalue weighted by molar-refractivity contribution is 0.0950. The molecule has 2 N–H and O–H groups in total. The van der Waals surface area contributed by atoms with Gasteiger partial charge in [-0.2, -0.15) is 0 Å². The fourth-order valence-electron chi connectivity index (χ4n) is 2.90. The minimum atomic E-state index is -3.63. The number of carbonyl (C=O) groups is 1. The van der Waals surface area contributed by atoms with Gasteiger partial charge in [0.2, 0.25) is 10.0 Å². The lowest BCUT2D eigenvalue weighted by Crippen LogP contribution is -2.26. The number of hydrogen-bond donors (Lipinski definition) is 2. The summed E-state index contributed by atoms with van der Waals surface area (Å²) in [6.45, 7) is 1.59. The summed E-state index contributed by atoms with van der Waals surface area (Å²) in [5.74, 6) is 0.417. The topological polar surface area (TPSA) is 93.7 Å². The molecule has 0 aliphatic carbocycles. The zero-order valence-electron chi connectivity index (χ0n) is 17.7. The van der Waals surface area contributed by atoms with Crippen LogP contribution >= 0.6 is 11.3 Å². The van der Waals surface area contributed by atoms with E-state index in [1.165, 1.54) is 24.3 Å². The van der Waals surface area contributed by atoms with Crippen LogP contribution in [0, 0.1) is 0 Å². The molecule has 3 aromatic rings. The van der Waals surface area contributed by atoms with Gasteiger partial charge < -0.3 is 14.8 Å². The first-order valence-corrected chi connectivity index (χ1v) is 12.5. The molecule has 1 heterocycles. The molecule has 0 spiro atoms. The maximum absolute atomic E-state index is 12.5. The average Bonchev–Trinajstić information content (AvgIpc) is 3.31. The van der Waals surface area contributed by atoms with E-state index in [-0.39, 0.29) is 10.8 Å². The monoisotopic (exact) mass is 474 g/mol. The summed E-state index contributed by atoms with van der Waals surface area (Å²) in [4.78, 5) is 13.7. The third-order valence-electron chi connectivity index (χ3n) is 4.58. The molecule has 170 valence electrons. The largest absolute Gasteiger partial charge is 0.491 e. The van der Waals surface area contributed by atoms with E-state index in [0.717, 1.165) is 10.4 Å². The van der Waals surface area contributed by atoms with Crippen LogP contribution in [0.1, 0.15) is 20.8 Å². The Labute approximate surface area is 192 Å². The molecule has 3 rings (SSSR count). The standard InChI is InChI=1S/C23H26N2O5S2/c1-29-13-14-30-20-5-2-4-18(16-20)17-24-23(26)19-7-9-22(10-8-19)32(27,28)25-12-11-21-6-3-15-31-21/h2-10,15-16,25H,11-14,17H2,1H3,(H,24,26). The normalized spacial score (nSPS) is 11.3. The smallest absolute Gasteiger partial charge is 0.251 e. The number of ether oxygens (including phenoxy) is 2. The van der Waals surface area contributed by atoms with E-state index in [1.807, 2.05) is 41.8 Å². The van der Waals surface area contributed by atoms with E-state index in [1.54, 1.807) is 18.4 Å². The number of thiophene rings is 1. The lowest BCUT2D eigenvalue weighted by atomic mass is 10.2. The van der Waals surface area contributed by atoms with E-state index in [9.17, 15) is 13.2 Å². The number of amides is 1. The van der Waals surface area contributed by atoms with Crippen molar-refractivity contribution in [2.45, 2.75) is 17.9 Å². The van der Waals surface area contributed by atoms with Crippen LogP contribution in [0.25, 0.3) is 0 Å². The summed E-state index contributed by atoms with van der Waals surface area (Å²) in [6.07, 6.45) is 0.635. The molecular weight excluding hydrogens is 448 g/mol. The van der Waals surface area contributed by atoms with E-state index in [2.05, 4.69) is 10.0 Å². The number of rotatable bonds is 12. The molecule has 0 unspecified atom stereocenters. The van der Waals surface area contributed by atoms with Crippen molar-refractivity contribution in [2.75, 3.05) is 26.9 Å². The molecule has 0 saturated carbocycles. The number of hydrogen-bond acceptors (Lipinski definition) is 6. The van der Waals surface area contributed by atoms with Crippen LogP contribution in [0.5, 0.6) is 5.75 Å². The van der Waals surface area contributed by atoms with Gasteiger partial charge in [-0.05, 0) is 59.8 Å². The minimum absolute atomic E-state index is 0.126. The van der Waals surface area contributed by atoms with Crippen molar-refractivity contribution in [3.63, 3.8) is 0 Å². The quantitative estimate of drug-likeness (QED) is 0.393. The Kier molecular flexibility index (Phi) is 8.81. The van der Waals surface area contributed by atoms with E-state index in [0.29, 0.717) is 44.0 Å². The number of carbonyl (C=O) groups excluding carboxylic acids is 1. The molecule has 0 atom stereocenters. The molecule has 7 nitrogen and oxygen atoms in total. The van der Waals surface area contributed by atoms with Crippen molar-refractivity contribution in [1.82, 2.24) is 10.0 Å². The van der Waals surface area contributed by atoms with Crippen LogP contribution in [-0.4, -0.2) is 41.2 Å². The van der Waals surface area contributed by atoms with E-state index in [4.69, 9.17) is 9.47 Å². The summed E-state index contributed by atoms with van der Waals surface area (Å²) in [5, 5.41) is 4.79. The molecule has 0 aliphatic rings. The van der Waals surface area contributed by atoms with Gasteiger partial charge in [-0.1, -0.05) is 18.2 Å². The Morgan fingerprint density at radius 1 is 1.03 bits per heavy atom. The molecule has 32 heavy (non-hydrogen) atoms. The number of nitrogens with one attached hydrogen (secondary N) is 2. The average molecular weight is 475 g/mol. The van der Waals surface area contributed by atoms with Gasteiger partial charge in [-0.25, -0.2) is 13.1 Å². The van der Waals surface area contributed by atoms with Gasteiger partial charge in [0.05, 0.1) is 11.5 Å². The molecule has 2 aromatic carbocycles. The van der Waals surface area contributed by atoms with Crippen LogP contribution < -0.4 is 14.8 Å². The maximum atomic E-state index is 12.5. The second-order valence-electron chi connectivity index (χ2n) is 6.92. The number of sulfonamides is 1. The zero-order chi connectivity index (χ0) is 22.8. The van der Waals surface area contributed by atoms with E-state index < -0.39 is 10.0 Å². The van der Waals surface area contributed by atoms with Crippen LogP contribution in [0.3, 0.4) is 0 Å². The van der Waals surface area contributed by atoms with Gasteiger partial charge >= 0.3 is 0 Å². The summed E-state index contributed by atoms with van der Waals surface area (Å²) in [7, 11) is -2.01. The van der Waals surface area contributed by atoms with Crippen molar-refractivity contribution >= 4 is 27.3 Å². The van der Waals surface area contributed by atoms with Gasteiger partial charge in [0, 0.05) is 30.6 Å². The Morgan fingerprint density at radius 2 is 1.84 bits per heavy atom. The van der Waals surface area contributed by atoms with Crippen LogP contribution in [0.4, 0.5) is 0 Å². The first-order valence-electron chi connectivity index (χ1n) is 10.1. The van der Waals surface area contributed by atoms with Gasteiger partial charge in [-0.3, -0.25) is 4.79 Å². The fourth-order valence-corrected chi connectivity index (χ4v) is 4.65. The molecule has 0 aliphatic heterocycles. The van der Waals surface area contributed by atoms with Crippen molar-refractivity contribution < 1.29 is 22.7 Å². The summed E-state index contributed by atoms with van der Waals surface area (Å²) >= 11 is 1.59. The molecule has 1 amide bonds. The molecule has 0 fully saturated rings. The first kappa shape index (κ1) is 23.9. The van der Waals surface area contributed by atoms with Crippen molar-refractivity contribution in [1.29, 1.82) is 0 Å². The van der Waals surface area contributed by atoms with E-state index >= 15 is 0 Å². The second-order valence-corrected chi connectivity index (χ2v) is 9.72. The third kappa shape index (κ3) is 7.16. The molecule has 0 saturated heterocycles.